The summed E-state index contributed by atoms with van der Waals surface area (Å²) in [6, 6.07) is 5.83. The van der Waals surface area contributed by atoms with E-state index >= 15 is 0 Å². The number of hydrogen-bond donors (Lipinski definition) is 0. The van der Waals surface area contributed by atoms with Crippen LogP contribution in [0.3, 0.4) is 0 Å². The summed E-state index contributed by atoms with van der Waals surface area (Å²) in [7, 11) is 0. The highest BCUT2D eigenvalue weighted by Crippen LogP contribution is 2.32. The van der Waals surface area contributed by atoms with Crippen molar-refractivity contribution < 1.29 is 9.59 Å². The summed E-state index contributed by atoms with van der Waals surface area (Å²) in [5, 5.41) is 0. The molecular formula is C22H30BrNO2. The Hall–Kier alpha value is -1.16. The lowest BCUT2D eigenvalue weighted by Gasteiger charge is -2.23. The molecule has 1 aliphatic carbocycles. The molecule has 1 fully saturated rings. The van der Waals surface area contributed by atoms with Gasteiger partial charge in [0.25, 0.3) is 0 Å². The highest BCUT2D eigenvalue weighted by Gasteiger charge is 2.27. The molecule has 3 nitrogen and oxygen atoms in total. The first-order valence-corrected chi connectivity index (χ1v) is 11.0. The predicted octanol–water partition coefficient (Wildman–Crippen LogP) is 5.54. The zero-order valence-electron chi connectivity index (χ0n) is 16.0. The fourth-order valence-corrected chi connectivity index (χ4v) is 4.48. The van der Waals surface area contributed by atoms with Gasteiger partial charge in [0.05, 0.1) is 4.83 Å². The fourth-order valence-electron chi connectivity index (χ4n) is 4.21. The molecule has 4 heteroatoms. The molecule has 0 aromatic heterocycles. The van der Waals surface area contributed by atoms with Gasteiger partial charge in [-0.3, -0.25) is 9.59 Å². The molecule has 0 radical (unpaired) electrons. The highest BCUT2D eigenvalue weighted by atomic mass is 79.9. The van der Waals surface area contributed by atoms with E-state index in [1.807, 2.05) is 36.9 Å². The van der Waals surface area contributed by atoms with Crippen LogP contribution in [0.2, 0.25) is 0 Å². The number of carbonyl (C=O) groups is 2. The van der Waals surface area contributed by atoms with Crippen molar-refractivity contribution in [2.45, 2.75) is 70.0 Å². The smallest absolute Gasteiger partial charge is 0.227 e. The van der Waals surface area contributed by atoms with Crippen molar-refractivity contribution in [2.75, 3.05) is 11.4 Å². The van der Waals surface area contributed by atoms with E-state index in [0.29, 0.717) is 6.42 Å². The zero-order chi connectivity index (χ0) is 18.7. The summed E-state index contributed by atoms with van der Waals surface area (Å²) in [5.74, 6) is 1.37. The first-order chi connectivity index (χ1) is 12.5. The Morgan fingerprint density at radius 1 is 1.19 bits per heavy atom. The summed E-state index contributed by atoms with van der Waals surface area (Å²) < 4.78 is 0. The van der Waals surface area contributed by atoms with Crippen molar-refractivity contribution in [3.05, 3.63) is 29.3 Å². The van der Waals surface area contributed by atoms with E-state index in [9.17, 15) is 9.59 Å². The number of ketones is 1. The minimum atomic E-state index is -0.157. The number of amides is 1. The lowest BCUT2D eigenvalue weighted by molar-refractivity contribution is -0.118. The second-order valence-electron chi connectivity index (χ2n) is 8.19. The van der Waals surface area contributed by atoms with Gasteiger partial charge >= 0.3 is 0 Å². The number of nitrogens with zero attached hydrogens (tertiary/aromatic N) is 1. The Balaban J connectivity index is 1.63. The first-order valence-electron chi connectivity index (χ1n) is 10.1. The Morgan fingerprint density at radius 3 is 2.62 bits per heavy atom. The Labute approximate surface area is 165 Å². The van der Waals surface area contributed by atoms with Gasteiger partial charge in [0.2, 0.25) is 5.91 Å². The third kappa shape index (κ3) is 4.39. The molecule has 1 aliphatic heterocycles. The molecule has 0 N–H and O–H groups in total. The lowest BCUT2D eigenvalue weighted by Crippen LogP contribution is -2.29. The molecule has 1 heterocycles. The van der Waals surface area contributed by atoms with Crippen LogP contribution in [0.5, 0.6) is 0 Å². The minimum absolute atomic E-state index is 0.130. The van der Waals surface area contributed by atoms with E-state index in [0.717, 1.165) is 42.1 Å². The van der Waals surface area contributed by atoms with E-state index in [-0.39, 0.29) is 22.4 Å². The summed E-state index contributed by atoms with van der Waals surface area (Å²) in [5.41, 5.74) is 2.88. The SMILES string of the molecule is CC(C)C(Br)C(=O)c1ccc2c(c1)CCN2C(=O)CCC1CCCCC1. The van der Waals surface area contributed by atoms with Crippen molar-refractivity contribution >= 4 is 33.3 Å². The van der Waals surface area contributed by atoms with E-state index in [2.05, 4.69) is 15.9 Å². The summed E-state index contributed by atoms with van der Waals surface area (Å²) >= 11 is 3.50. The third-order valence-electron chi connectivity index (χ3n) is 5.89. The number of fused-ring (bicyclic) bond motifs is 1. The van der Waals surface area contributed by atoms with Crippen molar-refractivity contribution in [1.29, 1.82) is 0 Å². The number of Topliss-reactive ketones (excluding diaryl/α,β-unsaturated/α-hetero) is 1. The normalized spacial score (nSPS) is 18.8. The van der Waals surface area contributed by atoms with Crippen LogP contribution >= 0.6 is 15.9 Å². The van der Waals surface area contributed by atoms with E-state index in [1.54, 1.807) is 0 Å². The fraction of sp³-hybridized carbons (Fsp3) is 0.636. The van der Waals surface area contributed by atoms with Gasteiger partial charge in [-0.25, -0.2) is 0 Å². The molecule has 1 aromatic carbocycles. The average Bonchev–Trinajstić information content (AvgIpc) is 3.09. The molecular weight excluding hydrogens is 390 g/mol. The Morgan fingerprint density at radius 2 is 1.92 bits per heavy atom. The molecule has 0 saturated heterocycles. The Kier molecular flexibility index (Phi) is 6.55. The lowest BCUT2D eigenvalue weighted by atomic mass is 9.86. The summed E-state index contributed by atoms with van der Waals surface area (Å²) in [6.07, 6.45) is 9.12. The van der Waals surface area contributed by atoms with E-state index in [1.165, 1.54) is 32.1 Å². The van der Waals surface area contributed by atoms with Crippen molar-refractivity contribution in [2.24, 2.45) is 11.8 Å². The number of carbonyl (C=O) groups excluding carboxylic acids is 2. The van der Waals surface area contributed by atoms with E-state index in [4.69, 9.17) is 0 Å². The van der Waals surface area contributed by atoms with Crippen molar-refractivity contribution in [1.82, 2.24) is 0 Å². The molecule has 1 saturated carbocycles. The van der Waals surface area contributed by atoms with Gasteiger partial charge in [-0.15, -0.1) is 0 Å². The number of alkyl halides is 1. The van der Waals surface area contributed by atoms with Crippen LogP contribution in [0.1, 0.15) is 74.7 Å². The average molecular weight is 420 g/mol. The first kappa shape index (κ1) is 19.6. The van der Waals surface area contributed by atoms with Gasteiger partial charge in [0, 0.05) is 24.2 Å². The molecule has 26 heavy (non-hydrogen) atoms. The predicted molar refractivity (Wildman–Crippen MR) is 110 cm³/mol. The second-order valence-corrected chi connectivity index (χ2v) is 9.18. The number of halogens is 1. The standard InChI is InChI=1S/C22H30BrNO2/c1-15(2)21(23)22(26)18-9-10-19-17(14-18)12-13-24(19)20(25)11-8-16-6-4-3-5-7-16/h9-10,14-16,21H,3-8,11-13H2,1-2H3. The molecule has 2 aliphatic rings. The molecule has 0 bridgehead atoms. The number of anilines is 1. The molecule has 3 rings (SSSR count). The monoisotopic (exact) mass is 419 g/mol. The molecule has 1 unspecified atom stereocenters. The van der Waals surface area contributed by atoms with Crippen LogP contribution in [0.15, 0.2) is 18.2 Å². The van der Waals surface area contributed by atoms with Crippen LogP contribution < -0.4 is 4.90 Å². The van der Waals surface area contributed by atoms with Crippen LogP contribution in [0, 0.1) is 11.8 Å². The number of hydrogen-bond acceptors (Lipinski definition) is 2. The second kappa shape index (κ2) is 8.69. The van der Waals surface area contributed by atoms with Crippen LogP contribution in [-0.2, 0) is 11.2 Å². The molecule has 1 atom stereocenters. The number of rotatable bonds is 6. The van der Waals surface area contributed by atoms with Crippen LogP contribution in [0.25, 0.3) is 0 Å². The largest absolute Gasteiger partial charge is 0.312 e. The van der Waals surface area contributed by atoms with Crippen molar-refractivity contribution in [3.63, 3.8) is 0 Å². The van der Waals surface area contributed by atoms with Gasteiger partial charge in [0.15, 0.2) is 5.78 Å². The Bertz CT molecular complexity index is 664. The number of benzene rings is 1. The van der Waals surface area contributed by atoms with Crippen LogP contribution in [-0.4, -0.2) is 23.1 Å². The highest BCUT2D eigenvalue weighted by molar-refractivity contribution is 9.10. The molecule has 0 spiro atoms. The van der Waals surface area contributed by atoms with Gasteiger partial charge in [-0.05, 0) is 48.4 Å². The topological polar surface area (TPSA) is 37.4 Å². The van der Waals surface area contributed by atoms with Gasteiger partial charge < -0.3 is 4.90 Å². The van der Waals surface area contributed by atoms with Gasteiger partial charge in [-0.1, -0.05) is 61.9 Å². The maximum atomic E-state index is 12.7. The van der Waals surface area contributed by atoms with Crippen molar-refractivity contribution in [3.8, 4) is 0 Å². The summed E-state index contributed by atoms with van der Waals surface area (Å²) in [6.45, 7) is 4.83. The third-order valence-corrected chi connectivity index (χ3v) is 7.36. The maximum absolute atomic E-state index is 12.7. The van der Waals surface area contributed by atoms with Crippen LogP contribution in [0.4, 0.5) is 5.69 Å². The quantitative estimate of drug-likeness (QED) is 0.448. The van der Waals surface area contributed by atoms with Gasteiger partial charge in [-0.2, -0.15) is 0 Å². The molecule has 1 amide bonds. The molecule has 1 aromatic rings. The van der Waals surface area contributed by atoms with Gasteiger partial charge in [0.1, 0.15) is 0 Å². The van der Waals surface area contributed by atoms with E-state index < -0.39 is 0 Å². The maximum Gasteiger partial charge on any atom is 0.227 e. The minimum Gasteiger partial charge on any atom is -0.312 e. The molecule has 142 valence electrons. The summed E-state index contributed by atoms with van der Waals surface area (Å²) in [4.78, 5) is 27.0. The zero-order valence-corrected chi connectivity index (χ0v) is 17.6.